The van der Waals surface area contributed by atoms with Crippen LogP contribution in [0.15, 0.2) is 24.3 Å². The molecule has 1 saturated carbocycles. The van der Waals surface area contributed by atoms with E-state index in [1.807, 2.05) is 0 Å². The molecule has 0 radical (unpaired) electrons. The number of benzene rings is 1. The highest BCUT2D eigenvalue weighted by Gasteiger charge is 2.37. The number of rotatable bonds is 2. The first-order valence-corrected chi connectivity index (χ1v) is 6.50. The molecule has 0 aliphatic heterocycles. The standard InChI is InChI=1S/C14H16F5N/c15-13(16)7-5-10(6-8-13)12(20)9-1-3-11(4-2-9)14(17,18)19/h1-4,10,12H,5-8,20H2. The average molecular weight is 293 g/mol. The summed E-state index contributed by atoms with van der Waals surface area (Å²) >= 11 is 0. The Morgan fingerprint density at radius 3 is 2.00 bits per heavy atom. The normalized spacial score (nSPS) is 21.7. The van der Waals surface area contributed by atoms with Crippen molar-refractivity contribution in [3.05, 3.63) is 35.4 Å². The van der Waals surface area contributed by atoms with Crippen LogP contribution in [0.3, 0.4) is 0 Å². The van der Waals surface area contributed by atoms with E-state index in [4.69, 9.17) is 5.73 Å². The van der Waals surface area contributed by atoms with E-state index in [1.165, 1.54) is 12.1 Å². The summed E-state index contributed by atoms with van der Waals surface area (Å²) in [6.45, 7) is 0. The molecule has 1 atom stereocenters. The van der Waals surface area contributed by atoms with E-state index in [2.05, 4.69) is 0 Å². The van der Waals surface area contributed by atoms with Crippen LogP contribution in [0.5, 0.6) is 0 Å². The van der Waals surface area contributed by atoms with Crippen molar-refractivity contribution in [3.8, 4) is 0 Å². The van der Waals surface area contributed by atoms with Crippen LogP contribution in [0.25, 0.3) is 0 Å². The molecule has 2 N–H and O–H groups in total. The van der Waals surface area contributed by atoms with Gasteiger partial charge in [0.05, 0.1) is 5.56 Å². The summed E-state index contributed by atoms with van der Waals surface area (Å²) in [5.41, 5.74) is 5.82. The molecule has 1 fully saturated rings. The lowest BCUT2D eigenvalue weighted by molar-refractivity contribution is -0.137. The number of nitrogens with two attached hydrogens (primary N) is 1. The predicted molar refractivity (Wildman–Crippen MR) is 65.3 cm³/mol. The van der Waals surface area contributed by atoms with Crippen LogP contribution in [-0.2, 0) is 6.18 Å². The Morgan fingerprint density at radius 2 is 1.55 bits per heavy atom. The summed E-state index contributed by atoms with van der Waals surface area (Å²) in [6.07, 6.45) is -4.18. The van der Waals surface area contributed by atoms with Gasteiger partial charge in [-0.2, -0.15) is 13.2 Å². The average Bonchev–Trinajstić information content (AvgIpc) is 2.37. The molecular weight excluding hydrogens is 277 g/mol. The summed E-state index contributed by atoms with van der Waals surface area (Å²) in [7, 11) is 0. The molecule has 1 aromatic rings. The lowest BCUT2D eigenvalue weighted by atomic mass is 9.80. The number of alkyl halides is 5. The first kappa shape index (κ1) is 15.2. The summed E-state index contributed by atoms with van der Waals surface area (Å²) < 4.78 is 63.5. The van der Waals surface area contributed by atoms with Gasteiger partial charge in [-0.25, -0.2) is 8.78 Å². The van der Waals surface area contributed by atoms with Gasteiger partial charge in [0.15, 0.2) is 0 Å². The highest BCUT2D eigenvalue weighted by atomic mass is 19.4. The zero-order chi connectivity index (χ0) is 15.0. The third kappa shape index (κ3) is 3.48. The highest BCUT2D eigenvalue weighted by molar-refractivity contribution is 5.27. The van der Waals surface area contributed by atoms with E-state index >= 15 is 0 Å². The number of hydrogen-bond acceptors (Lipinski definition) is 1. The van der Waals surface area contributed by atoms with E-state index in [-0.39, 0.29) is 18.8 Å². The minimum atomic E-state index is -4.38. The van der Waals surface area contributed by atoms with Crippen LogP contribution >= 0.6 is 0 Å². The Morgan fingerprint density at radius 1 is 1.05 bits per heavy atom. The lowest BCUT2D eigenvalue weighted by Crippen LogP contribution is -2.31. The van der Waals surface area contributed by atoms with Crippen molar-refractivity contribution in [2.75, 3.05) is 0 Å². The Kier molecular flexibility index (Phi) is 4.04. The summed E-state index contributed by atoms with van der Waals surface area (Å²) in [5.74, 6) is -2.73. The molecule has 0 amide bonds. The zero-order valence-electron chi connectivity index (χ0n) is 10.8. The molecule has 20 heavy (non-hydrogen) atoms. The van der Waals surface area contributed by atoms with Crippen molar-refractivity contribution in [1.29, 1.82) is 0 Å². The highest BCUT2D eigenvalue weighted by Crippen LogP contribution is 2.40. The summed E-state index contributed by atoms with van der Waals surface area (Å²) in [5, 5.41) is 0. The fraction of sp³-hybridized carbons (Fsp3) is 0.571. The van der Waals surface area contributed by atoms with Crippen LogP contribution < -0.4 is 5.73 Å². The molecule has 1 nitrogen and oxygen atoms in total. The third-order valence-electron chi connectivity index (χ3n) is 3.89. The second-order valence-corrected chi connectivity index (χ2v) is 5.34. The molecule has 1 aliphatic carbocycles. The molecule has 1 unspecified atom stereocenters. The Balaban J connectivity index is 2.05. The van der Waals surface area contributed by atoms with Gasteiger partial charge in [-0.3, -0.25) is 0 Å². The van der Waals surface area contributed by atoms with Crippen molar-refractivity contribution in [2.24, 2.45) is 11.7 Å². The quantitative estimate of drug-likeness (QED) is 0.796. The molecule has 2 rings (SSSR count). The topological polar surface area (TPSA) is 26.0 Å². The minimum Gasteiger partial charge on any atom is -0.324 e. The maximum absolute atomic E-state index is 13.1. The van der Waals surface area contributed by atoms with Crippen molar-refractivity contribution >= 4 is 0 Å². The molecule has 0 heterocycles. The fourth-order valence-corrected chi connectivity index (χ4v) is 2.59. The van der Waals surface area contributed by atoms with E-state index in [1.54, 1.807) is 0 Å². The predicted octanol–water partition coefficient (Wildman–Crippen LogP) is 4.53. The molecule has 112 valence electrons. The minimum absolute atomic E-state index is 0.105. The summed E-state index contributed by atoms with van der Waals surface area (Å²) in [6, 6.07) is 4.13. The zero-order valence-corrected chi connectivity index (χ0v) is 10.8. The third-order valence-corrected chi connectivity index (χ3v) is 3.89. The number of halogens is 5. The largest absolute Gasteiger partial charge is 0.416 e. The van der Waals surface area contributed by atoms with E-state index in [0.717, 1.165) is 12.1 Å². The molecular formula is C14H16F5N. The Labute approximate surface area is 114 Å². The molecule has 0 bridgehead atoms. The van der Waals surface area contributed by atoms with Crippen LogP contribution in [0.4, 0.5) is 22.0 Å². The first-order chi connectivity index (χ1) is 9.19. The smallest absolute Gasteiger partial charge is 0.324 e. The maximum Gasteiger partial charge on any atom is 0.416 e. The van der Waals surface area contributed by atoms with Gasteiger partial charge in [0.1, 0.15) is 0 Å². The van der Waals surface area contributed by atoms with Crippen molar-refractivity contribution in [3.63, 3.8) is 0 Å². The SMILES string of the molecule is NC(c1ccc(C(F)(F)F)cc1)C1CCC(F)(F)CC1. The molecule has 0 saturated heterocycles. The molecule has 0 spiro atoms. The lowest BCUT2D eigenvalue weighted by Gasteiger charge is -2.32. The van der Waals surface area contributed by atoms with Gasteiger partial charge in [-0.05, 0) is 36.5 Å². The fourth-order valence-electron chi connectivity index (χ4n) is 2.59. The first-order valence-electron chi connectivity index (χ1n) is 6.50. The second-order valence-electron chi connectivity index (χ2n) is 5.34. The van der Waals surface area contributed by atoms with Crippen LogP contribution in [0.1, 0.15) is 42.9 Å². The Bertz CT molecular complexity index is 442. The van der Waals surface area contributed by atoms with Crippen molar-refractivity contribution in [2.45, 2.75) is 43.8 Å². The van der Waals surface area contributed by atoms with Gasteiger partial charge in [0.25, 0.3) is 0 Å². The van der Waals surface area contributed by atoms with Crippen LogP contribution in [-0.4, -0.2) is 5.92 Å². The molecule has 1 aliphatic rings. The van der Waals surface area contributed by atoms with Gasteiger partial charge in [0, 0.05) is 18.9 Å². The molecule has 0 aromatic heterocycles. The van der Waals surface area contributed by atoms with Crippen LogP contribution in [0.2, 0.25) is 0 Å². The van der Waals surface area contributed by atoms with Gasteiger partial charge in [-0.1, -0.05) is 12.1 Å². The molecule has 1 aromatic carbocycles. The van der Waals surface area contributed by atoms with Crippen molar-refractivity contribution in [1.82, 2.24) is 0 Å². The summed E-state index contributed by atoms with van der Waals surface area (Å²) in [4.78, 5) is 0. The van der Waals surface area contributed by atoms with Gasteiger partial charge in [-0.15, -0.1) is 0 Å². The van der Waals surface area contributed by atoms with Gasteiger partial charge < -0.3 is 5.73 Å². The monoisotopic (exact) mass is 293 g/mol. The van der Waals surface area contributed by atoms with Gasteiger partial charge >= 0.3 is 6.18 Å². The van der Waals surface area contributed by atoms with E-state index in [0.29, 0.717) is 18.4 Å². The Hall–Kier alpha value is -1.17. The maximum atomic E-state index is 13.1. The van der Waals surface area contributed by atoms with E-state index in [9.17, 15) is 22.0 Å². The van der Waals surface area contributed by atoms with Gasteiger partial charge in [0.2, 0.25) is 5.92 Å². The molecule has 6 heteroatoms. The van der Waals surface area contributed by atoms with E-state index < -0.39 is 23.7 Å². The number of hydrogen-bond donors (Lipinski definition) is 1. The van der Waals surface area contributed by atoms with Crippen LogP contribution in [0, 0.1) is 5.92 Å². The second kappa shape index (κ2) is 5.31. The van der Waals surface area contributed by atoms with Crippen molar-refractivity contribution < 1.29 is 22.0 Å².